The minimum absolute atomic E-state index is 0.0981. The molecule has 0 N–H and O–H groups in total. The third-order valence-electron chi connectivity index (χ3n) is 6.53. The highest BCUT2D eigenvalue weighted by Crippen LogP contribution is 2.44. The van der Waals surface area contributed by atoms with Crippen molar-refractivity contribution in [2.24, 2.45) is 0 Å². The molecule has 0 amide bonds. The number of halogens is 2. The molecule has 3 aromatic rings. The van der Waals surface area contributed by atoms with Crippen LogP contribution in [0.2, 0.25) is 10.0 Å². The maximum Gasteiger partial charge on any atom is 0.337 e. The average molecular weight is 518 g/mol. The number of rotatable bonds is 3. The van der Waals surface area contributed by atoms with Crippen LogP contribution in [0.4, 0.5) is 0 Å². The number of esters is 1. The number of carbonyl (C=O) groups is 2. The lowest BCUT2D eigenvalue weighted by Gasteiger charge is -2.25. The number of hydrogen-bond acceptors (Lipinski definition) is 5. The fourth-order valence-corrected chi connectivity index (χ4v) is 5.51. The van der Waals surface area contributed by atoms with Crippen molar-refractivity contribution in [3.8, 4) is 11.1 Å². The van der Waals surface area contributed by atoms with E-state index in [2.05, 4.69) is 5.10 Å². The van der Waals surface area contributed by atoms with Gasteiger partial charge in [0.15, 0.2) is 11.8 Å². The van der Waals surface area contributed by atoms with Gasteiger partial charge < -0.3 is 14.0 Å². The summed E-state index contributed by atoms with van der Waals surface area (Å²) in [4.78, 5) is 26.6. The maximum atomic E-state index is 13.4. The molecule has 0 radical (unpaired) electrons. The molecule has 2 atom stereocenters. The monoisotopic (exact) mass is 517 g/mol. The van der Waals surface area contributed by atoms with Gasteiger partial charge in [0, 0.05) is 41.4 Å². The van der Waals surface area contributed by atoms with Crippen LogP contribution in [0.3, 0.4) is 0 Å². The normalized spacial score (nSPS) is 21.1. The van der Waals surface area contributed by atoms with E-state index in [4.69, 9.17) is 32.7 Å². The average Bonchev–Trinajstić information content (AvgIpc) is 3.35. The summed E-state index contributed by atoms with van der Waals surface area (Å²) in [6.45, 7) is 6.09. The topological polar surface area (TPSA) is 75.3 Å². The molecule has 2 unspecified atom stereocenters. The van der Waals surface area contributed by atoms with Crippen LogP contribution >= 0.6 is 23.2 Å². The van der Waals surface area contributed by atoms with E-state index in [0.717, 1.165) is 48.1 Å². The van der Waals surface area contributed by atoms with E-state index in [1.54, 1.807) is 31.4 Å². The Morgan fingerprint density at radius 2 is 1.97 bits per heavy atom. The molecule has 2 aliphatic rings. The minimum atomic E-state index is -1.13. The second-order valence-corrected chi connectivity index (χ2v) is 11.0. The van der Waals surface area contributed by atoms with Crippen LogP contribution in [-0.2, 0) is 25.5 Å². The molecule has 2 aliphatic heterocycles. The smallest absolute Gasteiger partial charge is 0.337 e. The molecule has 35 heavy (non-hydrogen) atoms. The second kappa shape index (κ2) is 9.26. The summed E-state index contributed by atoms with van der Waals surface area (Å²) < 4.78 is 15.2. The Kier molecular flexibility index (Phi) is 6.45. The van der Waals surface area contributed by atoms with Crippen molar-refractivity contribution in [3.05, 3.63) is 40.3 Å². The van der Waals surface area contributed by atoms with Gasteiger partial charge in [0.05, 0.1) is 21.8 Å². The summed E-state index contributed by atoms with van der Waals surface area (Å²) in [7, 11) is 0. The Morgan fingerprint density at radius 1 is 1.17 bits per heavy atom. The van der Waals surface area contributed by atoms with Crippen LogP contribution < -0.4 is 0 Å². The standard InChI is InChI=1S/C26H29Cl2N3O4/c1-26(2,3)35-25(33)24-19(32)8-6-7-18-21(16-10-11-17(27)22(28)23(16)31(18)24)15-13-29-30(14-15)20-9-4-5-12-34-20/h10-11,13-14,20,24H,4-9,12H2,1-3H3. The first-order chi connectivity index (χ1) is 16.7. The highest BCUT2D eigenvalue weighted by atomic mass is 35.5. The molecule has 0 spiro atoms. The van der Waals surface area contributed by atoms with E-state index < -0.39 is 17.6 Å². The molecule has 5 rings (SSSR count). The molecule has 2 aromatic heterocycles. The van der Waals surface area contributed by atoms with E-state index in [1.807, 2.05) is 23.1 Å². The zero-order chi connectivity index (χ0) is 24.9. The van der Waals surface area contributed by atoms with Gasteiger partial charge in [0.1, 0.15) is 11.8 Å². The number of nitrogens with zero attached hydrogens (tertiary/aromatic N) is 3. The van der Waals surface area contributed by atoms with Gasteiger partial charge in [-0.05, 0) is 58.9 Å². The van der Waals surface area contributed by atoms with Crippen molar-refractivity contribution >= 4 is 45.9 Å². The SMILES string of the molecule is CC(C)(C)OC(=O)C1C(=O)CCCc2c(-c3cnn(C4CCCCO4)c3)c3ccc(Cl)c(Cl)c3n21. The van der Waals surface area contributed by atoms with Crippen molar-refractivity contribution in [1.29, 1.82) is 0 Å². The summed E-state index contributed by atoms with van der Waals surface area (Å²) in [6.07, 6.45) is 8.25. The molecule has 1 fully saturated rings. The zero-order valence-electron chi connectivity index (χ0n) is 20.1. The van der Waals surface area contributed by atoms with E-state index in [9.17, 15) is 9.59 Å². The Bertz CT molecular complexity index is 1300. The number of Topliss-reactive ketones (excluding diaryl/α,β-unsaturated/α-hetero) is 1. The fraction of sp³-hybridized carbons (Fsp3) is 0.500. The number of aromatic nitrogens is 3. The summed E-state index contributed by atoms with van der Waals surface area (Å²) >= 11 is 13.2. The Hall–Kier alpha value is -2.35. The van der Waals surface area contributed by atoms with E-state index in [0.29, 0.717) is 28.4 Å². The van der Waals surface area contributed by atoms with Crippen LogP contribution in [0, 0.1) is 0 Å². The van der Waals surface area contributed by atoms with Crippen molar-refractivity contribution in [1.82, 2.24) is 14.3 Å². The zero-order valence-corrected chi connectivity index (χ0v) is 21.7. The largest absolute Gasteiger partial charge is 0.458 e. The molecular weight excluding hydrogens is 489 g/mol. The minimum Gasteiger partial charge on any atom is -0.458 e. The lowest BCUT2D eigenvalue weighted by molar-refractivity contribution is -0.160. The van der Waals surface area contributed by atoms with Crippen molar-refractivity contribution < 1.29 is 19.1 Å². The Labute approximate surface area is 214 Å². The van der Waals surface area contributed by atoms with Crippen LogP contribution in [0.25, 0.3) is 22.0 Å². The number of fused-ring (bicyclic) bond motifs is 3. The Morgan fingerprint density at radius 3 is 2.69 bits per heavy atom. The van der Waals surface area contributed by atoms with Crippen LogP contribution in [-0.4, -0.2) is 38.3 Å². The summed E-state index contributed by atoms with van der Waals surface area (Å²) in [5.41, 5.74) is 2.47. The van der Waals surface area contributed by atoms with E-state index in [1.165, 1.54) is 0 Å². The van der Waals surface area contributed by atoms with Gasteiger partial charge in [-0.2, -0.15) is 5.10 Å². The summed E-state index contributed by atoms with van der Waals surface area (Å²) in [5, 5.41) is 6.08. The molecular formula is C26H29Cl2N3O4. The van der Waals surface area contributed by atoms with Crippen molar-refractivity contribution in [2.75, 3.05) is 6.61 Å². The first-order valence-corrected chi connectivity index (χ1v) is 12.8. The number of benzene rings is 1. The first-order valence-electron chi connectivity index (χ1n) is 12.1. The van der Waals surface area contributed by atoms with Gasteiger partial charge in [0.25, 0.3) is 0 Å². The Balaban J connectivity index is 1.72. The molecule has 4 heterocycles. The van der Waals surface area contributed by atoms with Crippen molar-refractivity contribution in [2.45, 2.75) is 77.2 Å². The molecule has 9 heteroatoms. The lowest BCUT2D eigenvalue weighted by Crippen LogP contribution is -2.34. The predicted octanol–water partition coefficient (Wildman–Crippen LogP) is 6.30. The molecule has 186 valence electrons. The van der Waals surface area contributed by atoms with E-state index in [-0.39, 0.29) is 18.4 Å². The van der Waals surface area contributed by atoms with Crippen LogP contribution in [0.5, 0.6) is 0 Å². The molecule has 0 saturated carbocycles. The van der Waals surface area contributed by atoms with Gasteiger partial charge in [-0.1, -0.05) is 29.3 Å². The van der Waals surface area contributed by atoms with Gasteiger partial charge >= 0.3 is 5.97 Å². The third kappa shape index (κ3) is 4.50. The second-order valence-electron chi connectivity index (χ2n) is 10.2. The predicted molar refractivity (Wildman–Crippen MR) is 135 cm³/mol. The number of ether oxygens (including phenoxy) is 2. The quantitative estimate of drug-likeness (QED) is 0.301. The van der Waals surface area contributed by atoms with Crippen LogP contribution in [0.1, 0.15) is 70.8 Å². The fourth-order valence-electron chi connectivity index (χ4n) is 5.10. The maximum absolute atomic E-state index is 13.4. The molecule has 7 nitrogen and oxygen atoms in total. The van der Waals surface area contributed by atoms with Gasteiger partial charge in [0.2, 0.25) is 0 Å². The summed E-state index contributed by atoms with van der Waals surface area (Å²) in [6, 6.07) is 2.51. The van der Waals surface area contributed by atoms with E-state index >= 15 is 0 Å². The van der Waals surface area contributed by atoms with Gasteiger partial charge in [-0.3, -0.25) is 4.79 Å². The highest BCUT2D eigenvalue weighted by molar-refractivity contribution is 6.45. The molecule has 0 aliphatic carbocycles. The third-order valence-corrected chi connectivity index (χ3v) is 7.32. The summed E-state index contributed by atoms with van der Waals surface area (Å²) in [5.74, 6) is -0.778. The van der Waals surface area contributed by atoms with Crippen molar-refractivity contribution in [3.63, 3.8) is 0 Å². The first kappa shape index (κ1) is 24.3. The number of hydrogen-bond donors (Lipinski definition) is 0. The molecule has 1 saturated heterocycles. The van der Waals surface area contributed by atoms with Gasteiger partial charge in [-0.15, -0.1) is 0 Å². The molecule has 1 aromatic carbocycles. The van der Waals surface area contributed by atoms with Crippen LogP contribution in [0.15, 0.2) is 24.5 Å². The lowest BCUT2D eigenvalue weighted by atomic mass is 10.0. The van der Waals surface area contributed by atoms with Gasteiger partial charge in [-0.25, -0.2) is 9.48 Å². The number of ketones is 1. The molecule has 0 bridgehead atoms. The highest BCUT2D eigenvalue weighted by Gasteiger charge is 2.39. The number of carbonyl (C=O) groups excluding carboxylic acids is 2.